The third-order valence-electron chi connectivity index (χ3n) is 3.04. The molecule has 1 aromatic rings. The fourth-order valence-corrected chi connectivity index (χ4v) is 2.64. The summed E-state index contributed by atoms with van der Waals surface area (Å²) < 4.78 is 39.3. The average Bonchev–Trinajstić information content (AvgIpc) is 2.49. The standard InChI is InChI=1S/C16H26O5S/c1-3-4-5-10-19-11-12-20-13-14-21-22(17,18)16-8-6-15(2)7-9-16/h6-9H,3-5,10-14H2,1-2H3. The van der Waals surface area contributed by atoms with Crippen LogP contribution in [0, 0.1) is 6.92 Å². The molecule has 0 amide bonds. The number of hydrogen-bond donors (Lipinski definition) is 0. The fraction of sp³-hybridized carbons (Fsp3) is 0.625. The van der Waals surface area contributed by atoms with E-state index in [1.165, 1.54) is 25.0 Å². The Morgan fingerprint density at radius 1 is 0.864 bits per heavy atom. The minimum Gasteiger partial charge on any atom is -0.379 e. The molecule has 0 unspecified atom stereocenters. The summed E-state index contributed by atoms with van der Waals surface area (Å²) >= 11 is 0. The molecule has 1 aromatic carbocycles. The van der Waals surface area contributed by atoms with Crippen molar-refractivity contribution in [2.75, 3.05) is 33.0 Å². The van der Waals surface area contributed by atoms with Crippen molar-refractivity contribution in [3.8, 4) is 0 Å². The maximum absolute atomic E-state index is 11.9. The van der Waals surface area contributed by atoms with Gasteiger partial charge in [-0.05, 0) is 25.5 Å². The van der Waals surface area contributed by atoms with Gasteiger partial charge in [0.2, 0.25) is 0 Å². The van der Waals surface area contributed by atoms with E-state index in [4.69, 9.17) is 13.7 Å². The van der Waals surface area contributed by atoms with Crippen LogP contribution in [0.2, 0.25) is 0 Å². The molecule has 0 saturated heterocycles. The lowest BCUT2D eigenvalue weighted by atomic mass is 10.2. The minimum absolute atomic E-state index is 0.00600. The molecule has 0 aliphatic heterocycles. The van der Waals surface area contributed by atoms with Gasteiger partial charge in [0.25, 0.3) is 10.1 Å². The van der Waals surface area contributed by atoms with E-state index in [0.717, 1.165) is 18.6 Å². The van der Waals surface area contributed by atoms with E-state index < -0.39 is 10.1 Å². The third kappa shape index (κ3) is 7.89. The van der Waals surface area contributed by atoms with Crippen LogP contribution in [0.1, 0.15) is 31.7 Å². The Bertz CT molecular complexity index is 496. The van der Waals surface area contributed by atoms with E-state index in [9.17, 15) is 8.42 Å². The Hall–Kier alpha value is -0.950. The third-order valence-corrected chi connectivity index (χ3v) is 4.37. The second-order valence-electron chi connectivity index (χ2n) is 5.02. The van der Waals surface area contributed by atoms with Crippen molar-refractivity contribution in [1.82, 2.24) is 0 Å². The van der Waals surface area contributed by atoms with Crippen molar-refractivity contribution < 1.29 is 22.1 Å². The van der Waals surface area contributed by atoms with Crippen molar-refractivity contribution in [2.45, 2.75) is 38.0 Å². The summed E-state index contributed by atoms with van der Waals surface area (Å²) in [5.74, 6) is 0. The first-order valence-electron chi connectivity index (χ1n) is 7.68. The molecular weight excluding hydrogens is 304 g/mol. The lowest BCUT2D eigenvalue weighted by Gasteiger charge is -2.07. The molecule has 5 nitrogen and oxygen atoms in total. The normalized spacial score (nSPS) is 11.7. The van der Waals surface area contributed by atoms with Crippen molar-refractivity contribution in [2.24, 2.45) is 0 Å². The molecule has 0 fully saturated rings. The molecule has 0 aromatic heterocycles. The summed E-state index contributed by atoms with van der Waals surface area (Å²) in [6.45, 7) is 5.99. The number of unbranched alkanes of at least 4 members (excludes halogenated alkanes) is 2. The molecule has 0 aliphatic carbocycles. The van der Waals surface area contributed by atoms with E-state index in [0.29, 0.717) is 13.2 Å². The van der Waals surface area contributed by atoms with Crippen LogP contribution in [0.25, 0.3) is 0 Å². The highest BCUT2D eigenvalue weighted by molar-refractivity contribution is 7.86. The Morgan fingerprint density at radius 3 is 2.09 bits per heavy atom. The zero-order valence-electron chi connectivity index (χ0n) is 13.4. The van der Waals surface area contributed by atoms with Gasteiger partial charge in [0, 0.05) is 6.61 Å². The highest BCUT2D eigenvalue weighted by Crippen LogP contribution is 2.12. The lowest BCUT2D eigenvalue weighted by Crippen LogP contribution is -2.13. The molecule has 0 saturated carbocycles. The number of rotatable bonds is 12. The Morgan fingerprint density at radius 2 is 1.45 bits per heavy atom. The van der Waals surface area contributed by atoms with Gasteiger partial charge in [0.1, 0.15) is 0 Å². The summed E-state index contributed by atoms with van der Waals surface area (Å²) in [6.07, 6.45) is 3.41. The summed E-state index contributed by atoms with van der Waals surface area (Å²) in [6, 6.07) is 6.55. The molecule has 0 aliphatic rings. The van der Waals surface area contributed by atoms with Crippen LogP contribution >= 0.6 is 0 Å². The van der Waals surface area contributed by atoms with Gasteiger partial charge in [-0.15, -0.1) is 0 Å². The quantitative estimate of drug-likeness (QED) is 0.435. The second-order valence-corrected chi connectivity index (χ2v) is 6.64. The van der Waals surface area contributed by atoms with Crippen molar-refractivity contribution >= 4 is 10.1 Å². The summed E-state index contributed by atoms with van der Waals surface area (Å²) in [5, 5.41) is 0. The molecule has 0 N–H and O–H groups in total. The second kappa shape index (κ2) is 10.7. The largest absolute Gasteiger partial charge is 0.379 e. The van der Waals surface area contributed by atoms with Crippen molar-refractivity contribution in [1.29, 1.82) is 0 Å². The van der Waals surface area contributed by atoms with Gasteiger partial charge in [-0.3, -0.25) is 4.18 Å². The molecule has 0 radical (unpaired) electrons. The minimum atomic E-state index is -3.70. The molecule has 0 atom stereocenters. The molecule has 126 valence electrons. The first-order valence-corrected chi connectivity index (χ1v) is 9.08. The number of benzene rings is 1. The van der Waals surface area contributed by atoms with Gasteiger partial charge >= 0.3 is 0 Å². The van der Waals surface area contributed by atoms with Gasteiger partial charge in [-0.2, -0.15) is 8.42 Å². The molecule has 6 heteroatoms. The number of hydrogen-bond acceptors (Lipinski definition) is 5. The molecule has 22 heavy (non-hydrogen) atoms. The van der Waals surface area contributed by atoms with E-state index in [2.05, 4.69) is 6.92 Å². The molecule has 0 spiro atoms. The lowest BCUT2D eigenvalue weighted by molar-refractivity contribution is 0.0360. The van der Waals surface area contributed by atoms with Crippen LogP contribution in [0.3, 0.4) is 0 Å². The predicted molar refractivity (Wildman–Crippen MR) is 85.5 cm³/mol. The van der Waals surface area contributed by atoms with E-state index in [1.807, 2.05) is 6.92 Å². The Kier molecular flexibility index (Phi) is 9.31. The highest BCUT2D eigenvalue weighted by Gasteiger charge is 2.14. The zero-order chi connectivity index (χ0) is 16.3. The number of ether oxygens (including phenoxy) is 2. The highest BCUT2D eigenvalue weighted by atomic mass is 32.2. The molecule has 0 heterocycles. The topological polar surface area (TPSA) is 61.8 Å². The Balaban J connectivity index is 2.10. The number of aryl methyl sites for hydroxylation is 1. The smallest absolute Gasteiger partial charge is 0.297 e. The first kappa shape index (κ1) is 19.1. The van der Waals surface area contributed by atoms with Crippen molar-refractivity contribution in [3.63, 3.8) is 0 Å². The summed E-state index contributed by atoms with van der Waals surface area (Å²) in [5.41, 5.74) is 1.00. The van der Waals surface area contributed by atoms with E-state index >= 15 is 0 Å². The van der Waals surface area contributed by atoms with Crippen molar-refractivity contribution in [3.05, 3.63) is 29.8 Å². The fourth-order valence-electron chi connectivity index (χ4n) is 1.75. The SMILES string of the molecule is CCCCCOCCOCCOS(=O)(=O)c1ccc(C)cc1. The predicted octanol–water partition coefficient (Wildman–Crippen LogP) is 2.92. The first-order chi connectivity index (χ1) is 10.6. The zero-order valence-corrected chi connectivity index (χ0v) is 14.2. The maximum atomic E-state index is 11.9. The van der Waals surface area contributed by atoms with Gasteiger partial charge in [0.15, 0.2) is 0 Å². The van der Waals surface area contributed by atoms with Crippen LogP contribution < -0.4 is 0 Å². The molecular formula is C16H26O5S. The van der Waals surface area contributed by atoms with E-state index in [-0.39, 0.29) is 18.1 Å². The monoisotopic (exact) mass is 330 g/mol. The van der Waals surface area contributed by atoms with Gasteiger partial charge in [-0.1, -0.05) is 37.5 Å². The van der Waals surface area contributed by atoms with Crippen LogP contribution in [0.15, 0.2) is 29.2 Å². The van der Waals surface area contributed by atoms with Crippen LogP contribution in [0.4, 0.5) is 0 Å². The van der Waals surface area contributed by atoms with Gasteiger partial charge < -0.3 is 9.47 Å². The summed E-state index contributed by atoms with van der Waals surface area (Å²) in [4.78, 5) is 0.164. The summed E-state index contributed by atoms with van der Waals surface area (Å²) in [7, 11) is -3.70. The van der Waals surface area contributed by atoms with Gasteiger partial charge in [-0.25, -0.2) is 0 Å². The van der Waals surface area contributed by atoms with Crippen LogP contribution in [-0.4, -0.2) is 41.5 Å². The Labute approximate surface area is 133 Å². The molecule has 1 rings (SSSR count). The van der Waals surface area contributed by atoms with E-state index in [1.54, 1.807) is 12.1 Å². The van der Waals surface area contributed by atoms with Gasteiger partial charge in [0.05, 0.1) is 31.3 Å². The molecule has 0 bridgehead atoms. The van der Waals surface area contributed by atoms with Crippen LogP contribution in [-0.2, 0) is 23.8 Å². The van der Waals surface area contributed by atoms with Crippen LogP contribution in [0.5, 0.6) is 0 Å². The maximum Gasteiger partial charge on any atom is 0.297 e. The average molecular weight is 330 g/mol.